The normalized spacial score (nSPS) is 23.7. The molecule has 1 saturated heterocycles. The molecule has 0 aliphatic carbocycles. The number of esters is 4. The molecule has 1 aliphatic heterocycles. The smallest absolute Gasteiger partial charge is 0.303 e. The van der Waals surface area contributed by atoms with E-state index < -0.39 is 61.2 Å². The van der Waals surface area contributed by atoms with Gasteiger partial charge in [-0.1, -0.05) is 30.4 Å². The molecule has 5 atom stereocenters. The van der Waals surface area contributed by atoms with Crippen molar-refractivity contribution in [3.05, 3.63) is 11.8 Å². The van der Waals surface area contributed by atoms with E-state index >= 15 is 0 Å². The second kappa shape index (κ2) is 15.5. The van der Waals surface area contributed by atoms with Crippen LogP contribution in [-0.4, -0.2) is 82.9 Å². The lowest BCUT2D eigenvalue weighted by atomic mass is 9.98. The largest absolute Gasteiger partial charge is 0.468 e. The standard InChI is InChI=1S/C22H30O12S2/c1-7-35-22(28)36-10-16(11(2)23)8-30-21-20(33-15(6)27)19(32-14(5)26)18(31-13(4)25)17(34-21)9-29-12(3)24/h8,17-21H,7,9-10H2,1-6H3/b16-8-/t17-,18-,19+,20-,21-/m1/s1. The van der Waals surface area contributed by atoms with E-state index in [1.807, 2.05) is 6.92 Å². The molecule has 0 saturated carbocycles. The van der Waals surface area contributed by atoms with Gasteiger partial charge in [0.05, 0.1) is 6.26 Å². The van der Waals surface area contributed by atoms with Crippen LogP contribution in [0.2, 0.25) is 0 Å². The summed E-state index contributed by atoms with van der Waals surface area (Å²) in [5, 5.41) is 0. The van der Waals surface area contributed by atoms with Gasteiger partial charge in [0.2, 0.25) is 16.8 Å². The third-order valence-corrected chi connectivity index (χ3v) is 6.28. The van der Waals surface area contributed by atoms with Crippen LogP contribution in [0.5, 0.6) is 0 Å². The fourth-order valence-electron chi connectivity index (χ4n) is 2.96. The third-order valence-electron chi connectivity index (χ3n) is 4.35. The molecule has 0 bridgehead atoms. The zero-order valence-electron chi connectivity index (χ0n) is 20.8. The number of carbonyl (C=O) groups is 6. The number of carbonyl (C=O) groups excluding carboxylic acids is 6. The van der Waals surface area contributed by atoms with E-state index in [4.69, 9.17) is 28.4 Å². The Morgan fingerprint density at radius 2 is 1.33 bits per heavy atom. The molecule has 0 aromatic carbocycles. The number of Topliss-reactive ketones (excluding diaryl/α,β-unsaturated/α-hetero) is 1. The molecule has 0 N–H and O–H groups in total. The summed E-state index contributed by atoms with van der Waals surface area (Å²) in [5.74, 6) is -2.80. The van der Waals surface area contributed by atoms with Crippen LogP contribution in [0.25, 0.3) is 0 Å². The Balaban J connectivity index is 3.35. The van der Waals surface area contributed by atoms with Crippen LogP contribution in [0.4, 0.5) is 4.79 Å². The van der Waals surface area contributed by atoms with Crippen molar-refractivity contribution in [1.29, 1.82) is 0 Å². The lowest BCUT2D eigenvalue weighted by Gasteiger charge is -2.43. The average Bonchev–Trinajstić information content (AvgIpc) is 2.75. The Morgan fingerprint density at radius 1 is 0.778 bits per heavy atom. The maximum atomic E-state index is 12.1. The number of hydrogen-bond donors (Lipinski definition) is 0. The van der Waals surface area contributed by atoms with E-state index in [1.54, 1.807) is 0 Å². The zero-order valence-corrected chi connectivity index (χ0v) is 22.4. The Labute approximate surface area is 217 Å². The lowest BCUT2D eigenvalue weighted by molar-refractivity contribution is -0.297. The summed E-state index contributed by atoms with van der Waals surface area (Å²) in [6, 6.07) is 0. The predicted molar refractivity (Wildman–Crippen MR) is 128 cm³/mol. The second-order valence-electron chi connectivity index (χ2n) is 7.37. The van der Waals surface area contributed by atoms with E-state index in [1.165, 1.54) is 6.92 Å². The van der Waals surface area contributed by atoms with Crippen molar-refractivity contribution in [2.45, 2.75) is 72.2 Å². The van der Waals surface area contributed by atoms with Crippen LogP contribution in [0.15, 0.2) is 11.8 Å². The maximum absolute atomic E-state index is 12.1. The summed E-state index contributed by atoms with van der Waals surface area (Å²) in [6.45, 7) is 7.13. The number of ketones is 1. The van der Waals surface area contributed by atoms with Crippen molar-refractivity contribution in [2.75, 3.05) is 18.1 Å². The highest BCUT2D eigenvalue weighted by atomic mass is 32.2. The molecule has 1 rings (SSSR count). The summed E-state index contributed by atoms with van der Waals surface area (Å²) in [4.78, 5) is 70.7. The van der Waals surface area contributed by atoms with Gasteiger partial charge in [-0.2, -0.15) is 0 Å². The predicted octanol–water partition coefficient (Wildman–Crippen LogP) is 2.17. The minimum Gasteiger partial charge on any atom is -0.468 e. The minimum atomic E-state index is -1.47. The third kappa shape index (κ3) is 11.0. The molecule has 36 heavy (non-hydrogen) atoms. The molecule has 0 spiro atoms. The van der Waals surface area contributed by atoms with Crippen LogP contribution in [0.1, 0.15) is 41.5 Å². The maximum Gasteiger partial charge on any atom is 0.303 e. The van der Waals surface area contributed by atoms with Crippen molar-refractivity contribution in [3.63, 3.8) is 0 Å². The quantitative estimate of drug-likeness (QED) is 0.159. The Hall–Kier alpha value is -2.58. The minimum absolute atomic E-state index is 0.00639. The number of ether oxygens (including phenoxy) is 6. The molecule has 1 heterocycles. The molecule has 0 aromatic heterocycles. The fraction of sp³-hybridized carbons (Fsp3) is 0.636. The van der Waals surface area contributed by atoms with Gasteiger partial charge in [0, 0.05) is 39.0 Å². The molecule has 1 fully saturated rings. The highest BCUT2D eigenvalue weighted by molar-refractivity contribution is 8.38. The molecular formula is C22H30O12S2. The first-order chi connectivity index (χ1) is 16.8. The van der Waals surface area contributed by atoms with E-state index in [-0.39, 0.29) is 21.6 Å². The molecule has 14 heteroatoms. The molecule has 0 radical (unpaired) electrons. The first-order valence-electron chi connectivity index (χ1n) is 10.8. The number of thioether (sulfide) groups is 2. The van der Waals surface area contributed by atoms with Crippen LogP contribution in [0.3, 0.4) is 0 Å². The van der Waals surface area contributed by atoms with Crippen molar-refractivity contribution < 1.29 is 57.2 Å². The molecule has 202 valence electrons. The summed E-state index contributed by atoms with van der Waals surface area (Å²) >= 11 is 2.00. The molecule has 1 aliphatic rings. The van der Waals surface area contributed by atoms with Crippen LogP contribution >= 0.6 is 23.5 Å². The van der Waals surface area contributed by atoms with Crippen molar-refractivity contribution in [1.82, 2.24) is 0 Å². The molecular weight excluding hydrogens is 520 g/mol. The van der Waals surface area contributed by atoms with E-state index in [0.29, 0.717) is 5.75 Å². The van der Waals surface area contributed by atoms with Crippen molar-refractivity contribution in [3.8, 4) is 0 Å². The Kier molecular flexibility index (Phi) is 13.6. The van der Waals surface area contributed by atoms with Crippen molar-refractivity contribution in [2.24, 2.45) is 0 Å². The SMILES string of the molecule is CCSC(=O)SC/C(=C/O[C@@H]1O[C@H](COC(C)=O)[C@@H](OC(C)=O)[C@H](OC(C)=O)[C@H]1OC(C)=O)C(C)=O. The Bertz CT molecular complexity index is 871. The van der Waals surface area contributed by atoms with Gasteiger partial charge < -0.3 is 28.4 Å². The van der Waals surface area contributed by atoms with Gasteiger partial charge in [-0.25, -0.2) is 0 Å². The molecule has 0 aromatic rings. The van der Waals surface area contributed by atoms with Gasteiger partial charge >= 0.3 is 23.9 Å². The molecule has 12 nitrogen and oxygen atoms in total. The second-order valence-corrected chi connectivity index (χ2v) is 9.82. The summed E-state index contributed by atoms with van der Waals surface area (Å²) in [6.07, 6.45) is -5.76. The highest BCUT2D eigenvalue weighted by Gasteiger charge is 2.53. The van der Waals surface area contributed by atoms with E-state index in [0.717, 1.165) is 57.5 Å². The monoisotopic (exact) mass is 550 g/mol. The van der Waals surface area contributed by atoms with Gasteiger partial charge in [0.1, 0.15) is 12.7 Å². The van der Waals surface area contributed by atoms with Crippen LogP contribution in [0, 0.1) is 0 Å². The first kappa shape index (κ1) is 31.4. The van der Waals surface area contributed by atoms with Crippen LogP contribution < -0.4 is 0 Å². The topological polar surface area (TPSA) is 158 Å². The van der Waals surface area contributed by atoms with Gasteiger partial charge in [-0.3, -0.25) is 28.8 Å². The van der Waals surface area contributed by atoms with Gasteiger partial charge in [-0.05, 0) is 12.7 Å². The summed E-state index contributed by atoms with van der Waals surface area (Å²) in [7, 11) is 0. The number of rotatable bonds is 11. The van der Waals surface area contributed by atoms with E-state index in [9.17, 15) is 28.8 Å². The molecule has 0 amide bonds. The Morgan fingerprint density at radius 3 is 1.83 bits per heavy atom. The summed E-state index contributed by atoms with van der Waals surface area (Å²) < 4.78 is 32.1. The van der Waals surface area contributed by atoms with Crippen LogP contribution in [-0.2, 0) is 52.4 Å². The van der Waals surface area contributed by atoms with Gasteiger partial charge in [-0.15, -0.1) is 0 Å². The lowest BCUT2D eigenvalue weighted by Crippen LogP contribution is -2.62. The first-order valence-corrected chi connectivity index (χ1v) is 12.8. The van der Waals surface area contributed by atoms with E-state index in [2.05, 4.69) is 0 Å². The average molecular weight is 551 g/mol. The van der Waals surface area contributed by atoms with Crippen molar-refractivity contribution >= 4 is 57.6 Å². The fourth-order valence-corrected chi connectivity index (χ4v) is 4.61. The van der Waals surface area contributed by atoms with Gasteiger partial charge in [0.25, 0.3) is 0 Å². The van der Waals surface area contributed by atoms with Gasteiger partial charge in [0.15, 0.2) is 18.0 Å². The zero-order chi connectivity index (χ0) is 27.4. The highest BCUT2D eigenvalue weighted by Crippen LogP contribution is 2.30. The summed E-state index contributed by atoms with van der Waals surface area (Å²) in [5.41, 5.74) is 0.123. The molecule has 0 unspecified atom stereocenters. The number of hydrogen-bond acceptors (Lipinski definition) is 14.